The van der Waals surface area contributed by atoms with E-state index in [1.807, 2.05) is 19.9 Å². The highest BCUT2D eigenvalue weighted by atomic mass is 32.1. The Morgan fingerprint density at radius 2 is 2.29 bits per heavy atom. The van der Waals surface area contributed by atoms with E-state index in [2.05, 4.69) is 20.6 Å². The summed E-state index contributed by atoms with van der Waals surface area (Å²) in [6, 6.07) is 3.58. The van der Waals surface area contributed by atoms with Crippen molar-refractivity contribution in [3.8, 4) is 10.8 Å². The number of thiophene rings is 1. The third-order valence-electron chi connectivity index (χ3n) is 3.94. The first-order chi connectivity index (χ1) is 11.6. The van der Waals surface area contributed by atoms with Crippen LogP contribution in [0.1, 0.15) is 46.9 Å². The summed E-state index contributed by atoms with van der Waals surface area (Å²) in [5.41, 5.74) is 1.15. The van der Waals surface area contributed by atoms with Gasteiger partial charge < -0.3 is 9.73 Å². The third-order valence-corrected chi connectivity index (χ3v) is 4.98. The zero-order chi connectivity index (χ0) is 16.7. The SMILES string of the molecule is CCn1ccc(C(=O)Nc2cc(-c3nnc(C4CC4)o3)sc2C)n1. The Hall–Kier alpha value is -2.48. The van der Waals surface area contributed by atoms with Gasteiger partial charge in [0.25, 0.3) is 11.8 Å². The van der Waals surface area contributed by atoms with Crippen molar-refractivity contribution in [2.75, 3.05) is 5.32 Å². The molecule has 1 N–H and O–H groups in total. The average molecular weight is 343 g/mol. The Morgan fingerprint density at radius 3 is 3.00 bits per heavy atom. The number of hydrogen-bond donors (Lipinski definition) is 1. The van der Waals surface area contributed by atoms with Gasteiger partial charge in [-0.1, -0.05) is 0 Å². The summed E-state index contributed by atoms with van der Waals surface area (Å²) in [6.07, 6.45) is 4.03. The predicted molar refractivity (Wildman–Crippen MR) is 90.2 cm³/mol. The molecule has 1 aliphatic carbocycles. The smallest absolute Gasteiger partial charge is 0.276 e. The van der Waals surface area contributed by atoms with Gasteiger partial charge >= 0.3 is 0 Å². The Balaban J connectivity index is 1.53. The van der Waals surface area contributed by atoms with Gasteiger partial charge in [0, 0.05) is 23.5 Å². The van der Waals surface area contributed by atoms with E-state index in [9.17, 15) is 4.79 Å². The first kappa shape index (κ1) is 15.1. The lowest BCUT2D eigenvalue weighted by Crippen LogP contribution is -2.13. The van der Waals surface area contributed by atoms with Gasteiger partial charge in [0.1, 0.15) is 0 Å². The lowest BCUT2D eigenvalue weighted by Gasteiger charge is -2.01. The molecule has 7 nitrogen and oxygen atoms in total. The first-order valence-corrected chi connectivity index (χ1v) is 8.74. The number of aromatic nitrogens is 4. The van der Waals surface area contributed by atoms with Crippen molar-refractivity contribution < 1.29 is 9.21 Å². The molecule has 1 amide bonds. The van der Waals surface area contributed by atoms with Crippen LogP contribution in [0.25, 0.3) is 10.8 Å². The molecule has 0 saturated heterocycles. The fourth-order valence-corrected chi connectivity index (χ4v) is 3.28. The van der Waals surface area contributed by atoms with Gasteiger partial charge in [0.15, 0.2) is 5.69 Å². The summed E-state index contributed by atoms with van der Waals surface area (Å²) >= 11 is 1.52. The Bertz CT molecular complexity index is 890. The third kappa shape index (κ3) is 2.84. The number of aryl methyl sites for hydroxylation is 2. The maximum atomic E-state index is 12.3. The van der Waals surface area contributed by atoms with Crippen molar-refractivity contribution in [1.82, 2.24) is 20.0 Å². The molecule has 4 rings (SSSR count). The maximum Gasteiger partial charge on any atom is 0.276 e. The number of nitrogens with one attached hydrogen (secondary N) is 1. The summed E-state index contributed by atoms with van der Waals surface area (Å²) in [5.74, 6) is 1.44. The Morgan fingerprint density at radius 1 is 1.46 bits per heavy atom. The fraction of sp³-hybridized carbons (Fsp3) is 0.375. The van der Waals surface area contributed by atoms with Crippen molar-refractivity contribution >= 4 is 22.9 Å². The molecule has 8 heteroatoms. The van der Waals surface area contributed by atoms with E-state index in [0.29, 0.717) is 23.4 Å². The minimum Gasteiger partial charge on any atom is -0.420 e. The summed E-state index contributed by atoms with van der Waals surface area (Å²) in [6.45, 7) is 4.66. The molecule has 0 atom stereocenters. The topological polar surface area (TPSA) is 85.8 Å². The minimum absolute atomic E-state index is 0.223. The Kier molecular flexibility index (Phi) is 3.68. The van der Waals surface area contributed by atoms with Crippen LogP contribution in [0.3, 0.4) is 0 Å². The second-order valence-corrected chi connectivity index (χ2v) is 7.07. The number of amides is 1. The highest BCUT2D eigenvalue weighted by molar-refractivity contribution is 7.15. The zero-order valence-corrected chi connectivity index (χ0v) is 14.3. The van der Waals surface area contributed by atoms with Crippen LogP contribution in [-0.2, 0) is 6.54 Å². The van der Waals surface area contributed by atoms with Crippen LogP contribution in [0.5, 0.6) is 0 Å². The zero-order valence-electron chi connectivity index (χ0n) is 13.4. The fourth-order valence-electron chi connectivity index (χ4n) is 2.39. The molecule has 24 heavy (non-hydrogen) atoms. The molecule has 124 valence electrons. The largest absolute Gasteiger partial charge is 0.420 e. The van der Waals surface area contributed by atoms with Crippen molar-refractivity contribution in [3.05, 3.63) is 34.8 Å². The summed E-state index contributed by atoms with van der Waals surface area (Å²) in [7, 11) is 0. The minimum atomic E-state index is -0.223. The molecule has 3 aromatic heterocycles. The number of nitrogens with zero attached hydrogens (tertiary/aromatic N) is 4. The summed E-state index contributed by atoms with van der Waals surface area (Å²) in [4.78, 5) is 14.2. The van der Waals surface area contributed by atoms with E-state index in [0.717, 1.165) is 34.8 Å². The Labute approximate surface area is 142 Å². The molecule has 1 fully saturated rings. The van der Waals surface area contributed by atoms with E-state index in [1.165, 1.54) is 11.3 Å². The second-order valence-electron chi connectivity index (χ2n) is 5.81. The molecular weight excluding hydrogens is 326 g/mol. The second kappa shape index (κ2) is 5.86. The highest BCUT2D eigenvalue weighted by Crippen LogP contribution is 2.41. The maximum absolute atomic E-state index is 12.3. The molecule has 1 aliphatic rings. The van der Waals surface area contributed by atoms with Gasteiger partial charge in [-0.3, -0.25) is 9.48 Å². The van der Waals surface area contributed by atoms with Gasteiger partial charge in [0.05, 0.1) is 10.6 Å². The summed E-state index contributed by atoms with van der Waals surface area (Å²) in [5, 5.41) is 15.3. The molecule has 0 radical (unpaired) electrons. The molecule has 3 heterocycles. The lowest BCUT2D eigenvalue weighted by molar-refractivity contribution is 0.102. The molecule has 0 aliphatic heterocycles. The number of hydrogen-bond acceptors (Lipinski definition) is 6. The number of anilines is 1. The van der Waals surface area contributed by atoms with Crippen LogP contribution in [0.15, 0.2) is 22.7 Å². The molecular formula is C16H17N5O2S. The van der Waals surface area contributed by atoms with Gasteiger partial charge in [-0.2, -0.15) is 5.10 Å². The molecule has 1 saturated carbocycles. The van der Waals surface area contributed by atoms with Crippen LogP contribution >= 0.6 is 11.3 Å². The standard InChI is InChI=1S/C16H17N5O2S/c1-3-21-7-6-11(20-21)14(22)17-12-8-13(24-9(12)2)16-19-18-15(23-16)10-4-5-10/h6-8,10H,3-5H2,1-2H3,(H,17,22). The molecule has 0 aromatic carbocycles. The first-order valence-electron chi connectivity index (χ1n) is 7.93. The summed E-state index contributed by atoms with van der Waals surface area (Å²) < 4.78 is 7.45. The van der Waals surface area contributed by atoms with E-state index in [-0.39, 0.29) is 5.91 Å². The van der Waals surface area contributed by atoms with Crippen LogP contribution in [-0.4, -0.2) is 25.9 Å². The average Bonchev–Trinajstić information content (AvgIpc) is 3.01. The lowest BCUT2D eigenvalue weighted by atomic mass is 10.3. The van der Waals surface area contributed by atoms with Crippen molar-refractivity contribution in [2.45, 2.75) is 39.2 Å². The van der Waals surface area contributed by atoms with Crippen LogP contribution in [0.4, 0.5) is 5.69 Å². The normalized spacial score (nSPS) is 14.1. The van der Waals surface area contributed by atoms with E-state index >= 15 is 0 Å². The van der Waals surface area contributed by atoms with Crippen LogP contribution in [0.2, 0.25) is 0 Å². The number of rotatable bonds is 5. The number of carbonyl (C=O) groups excluding carboxylic acids is 1. The quantitative estimate of drug-likeness (QED) is 0.767. The van der Waals surface area contributed by atoms with E-state index in [1.54, 1.807) is 16.9 Å². The van der Waals surface area contributed by atoms with Crippen LogP contribution in [0, 0.1) is 6.92 Å². The molecule has 0 spiro atoms. The monoisotopic (exact) mass is 343 g/mol. The van der Waals surface area contributed by atoms with Crippen molar-refractivity contribution in [3.63, 3.8) is 0 Å². The molecule has 0 unspecified atom stereocenters. The van der Waals surface area contributed by atoms with Crippen molar-refractivity contribution in [2.24, 2.45) is 0 Å². The van der Waals surface area contributed by atoms with Gasteiger partial charge in [-0.25, -0.2) is 0 Å². The van der Waals surface area contributed by atoms with E-state index in [4.69, 9.17) is 4.42 Å². The van der Waals surface area contributed by atoms with Crippen molar-refractivity contribution in [1.29, 1.82) is 0 Å². The van der Waals surface area contributed by atoms with Gasteiger partial charge in [-0.05, 0) is 38.8 Å². The van der Waals surface area contributed by atoms with Crippen LogP contribution < -0.4 is 5.32 Å². The van der Waals surface area contributed by atoms with Gasteiger partial charge in [-0.15, -0.1) is 21.5 Å². The highest BCUT2D eigenvalue weighted by Gasteiger charge is 2.30. The van der Waals surface area contributed by atoms with E-state index < -0.39 is 0 Å². The predicted octanol–water partition coefficient (Wildman–Crippen LogP) is 3.45. The van der Waals surface area contributed by atoms with Gasteiger partial charge in [0.2, 0.25) is 5.89 Å². The molecule has 3 aromatic rings. The molecule has 0 bridgehead atoms. The number of carbonyl (C=O) groups is 1.